The third-order valence-corrected chi connectivity index (χ3v) is 1.69. The molecule has 0 aliphatic carbocycles. The third-order valence-electron chi connectivity index (χ3n) is 0.901. The minimum absolute atomic E-state index is 1.11. The van der Waals surface area contributed by atoms with Crippen LogP contribution < -0.4 is 0 Å². The maximum atomic E-state index is 4.00. The van der Waals surface area contributed by atoms with E-state index in [0.717, 1.165) is 6.42 Å². The van der Waals surface area contributed by atoms with Gasteiger partial charge in [0.05, 0.1) is 5.01 Å². The Morgan fingerprint density at radius 2 is 2.75 bits per heavy atom. The first-order valence-corrected chi connectivity index (χ1v) is 3.62. The molecule has 0 aromatic carbocycles. The second-order valence-corrected chi connectivity index (χ2v) is 2.56. The highest BCUT2D eigenvalue weighted by atomic mass is 32.1. The lowest BCUT2D eigenvalue weighted by molar-refractivity contribution is 0.908. The fourth-order valence-corrected chi connectivity index (χ4v) is 1.22. The lowest BCUT2D eigenvalue weighted by Gasteiger charge is -1.84. The van der Waals surface area contributed by atoms with E-state index in [1.165, 1.54) is 11.4 Å². The molecule has 1 aromatic heterocycles. The van der Waals surface area contributed by atoms with Crippen LogP contribution in [0.25, 0.3) is 0 Å². The lowest BCUT2D eigenvalue weighted by Crippen LogP contribution is -1.77. The smallest absolute Gasteiger partial charge is 0.101 e. The van der Waals surface area contributed by atoms with Gasteiger partial charge < -0.3 is 0 Å². The van der Waals surface area contributed by atoms with Crippen LogP contribution >= 0.6 is 11.3 Å². The van der Waals surface area contributed by atoms with Crippen LogP contribution in [0.15, 0.2) is 5.38 Å². The van der Waals surface area contributed by atoms with E-state index in [1.54, 1.807) is 11.3 Å². The molecule has 2 heteroatoms. The Balaban J connectivity index is 2.50. The van der Waals surface area contributed by atoms with Crippen molar-refractivity contribution in [2.24, 2.45) is 0 Å². The summed E-state index contributed by atoms with van der Waals surface area (Å²) in [7, 11) is 0. The van der Waals surface area contributed by atoms with Crippen molar-refractivity contribution in [3.05, 3.63) is 16.6 Å². The Hall–Kier alpha value is -0.370. The van der Waals surface area contributed by atoms with Crippen molar-refractivity contribution in [1.82, 2.24) is 4.98 Å². The van der Waals surface area contributed by atoms with Crippen LogP contribution in [0, 0.1) is 6.20 Å². The first-order chi connectivity index (χ1) is 3.93. The van der Waals surface area contributed by atoms with Crippen molar-refractivity contribution in [1.29, 1.82) is 0 Å². The fraction of sp³-hybridized carbons (Fsp3) is 0.500. The summed E-state index contributed by atoms with van der Waals surface area (Å²) in [6.07, 6.45) is 5.07. The van der Waals surface area contributed by atoms with E-state index in [4.69, 9.17) is 0 Å². The van der Waals surface area contributed by atoms with Gasteiger partial charge in [-0.1, -0.05) is 6.92 Å². The topological polar surface area (TPSA) is 12.9 Å². The maximum Gasteiger partial charge on any atom is 0.101 e. The second kappa shape index (κ2) is 2.82. The molecule has 0 amide bonds. The number of nitrogens with zero attached hydrogens (tertiary/aromatic N) is 1. The summed E-state index contributed by atoms with van der Waals surface area (Å²) < 4.78 is 0. The molecule has 1 heterocycles. The molecular weight excluding hydrogens is 118 g/mol. The summed E-state index contributed by atoms with van der Waals surface area (Å²) >= 11 is 1.68. The molecule has 43 valence electrons. The Morgan fingerprint density at radius 3 is 3.25 bits per heavy atom. The molecule has 0 bridgehead atoms. The maximum absolute atomic E-state index is 4.00. The number of aromatic nitrogens is 1. The van der Waals surface area contributed by atoms with Gasteiger partial charge >= 0.3 is 0 Å². The van der Waals surface area contributed by atoms with Gasteiger partial charge in [-0.2, -0.15) is 0 Å². The Kier molecular flexibility index (Phi) is 2.03. The lowest BCUT2D eigenvalue weighted by atomic mass is 10.4. The van der Waals surface area contributed by atoms with Gasteiger partial charge in [-0.25, -0.2) is 4.98 Å². The number of hydrogen-bond donors (Lipinski definition) is 0. The van der Waals surface area contributed by atoms with E-state index in [9.17, 15) is 0 Å². The molecule has 0 aliphatic rings. The van der Waals surface area contributed by atoms with Gasteiger partial charge in [0, 0.05) is 5.38 Å². The van der Waals surface area contributed by atoms with E-state index in [-0.39, 0.29) is 0 Å². The van der Waals surface area contributed by atoms with Crippen LogP contribution in [0.4, 0.5) is 0 Å². The highest BCUT2D eigenvalue weighted by Crippen LogP contribution is 2.04. The first kappa shape index (κ1) is 5.76. The molecule has 1 rings (SSSR count). The predicted octanol–water partition coefficient (Wildman–Crippen LogP) is 1.90. The standard InChI is InChI=1S/C6H8NS/c1-2-3-6-7-4-5-8-6/h5H,2-3H2,1H3. The molecule has 8 heavy (non-hydrogen) atoms. The molecule has 1 radical (unpaired) electrons. The summed E-state index contributed by atoms with van der Waals surface area (Å²) in [5.74, 6) is 0. The van der Waals surface area contributed by atoms with Crippen molar-refractivity contribution < 1.29 is 0 Å². The van der Waals surface area contributed by atoms with E-state index in [1.807, 2.05) is 5.38 Å². The summed E-state index contributed by atoms with van der Waals surface area (Å²) in [6.45, 7) is 2.15. The molecule has 1 aromatic rings. The summed E-state index contributed by atoms with van der Waals surface area (Å²) in [5.41, 5.74) is 0. The zero-order chi connectivity index (χ0) is 5.82. The van der Waals surface area contributed by atoms with Crippen LogP contribution in [0.3, 0.4) is 0 Å². The Bertz CT molecular complexity index is 134. The van der Waals surface area contributed by atoms with Gasteiger partial charge in [-0.15, -0.1) is 11.3 Å². The summed E-state index contributed by atoms with van der Waals surface area (Å²) in [5, 5.41) is 3.10. The van der Waals surface area contributed by atoms with Gasteiger partial charge in [-0.05, 0) is 12.8 Å². The second-order valence-electron chi connectivity index (χ2n) is 1.62. The number of hydrogen-bond acceptors (Lipinski definition) is 2. The summed E-state index contributed by atoms with van der Waals surface area (Å²) in [4.78, 5) is 4.00. The van der Waals surface area contributed by atoms with Crippen molar-refractivity contribution >= 4 is 11.3 Å². The van der Waals surface area contributed by atoms with Gasteiger partial charge in [0.25, 0.3) is 0 Å². The fourth-order valence-electron chi connectivity index (χ4n) is 0.548. The quantitative estimate of drug-likeness (QED) is 0.589. The molecule has 0 spiro atoms. The number of rotatable bonds is 2. The van der Waals surface area contributed by atoms with Gasteiger partial charge in [-0.3, -0.25) is 0 Å². The van der Waals surface area contributed by atoms with Crippen molar-refractivity contribution in [2.45, 2.75) is 19.8 Å². The molecule has 0 unspecified atom stereocenters. The largest absolute Gasteiger partial charge is 0.240 e. The zero-order valence-corrected chi connectivity index (χ0v) is 5.66. The van der Waals surface area contributed by atoms with E-state index >= 15 is 0 Å². The van der Waals surface area contributed by atoms with Gasteiger partial charge in [0.1, 0.15) is 6.20 Å². The molecule has 0 atom stereocenters. The van der Waals surface area contributed by atoms with Crippen LogP contribution in [0.1, 0.15) is 18.4 Å². The SMILES string of the molecule is CCCc1n[c]cs1. The first-order valence-electron chi connectivity index (χ1n) is 2.74. The molecular formula is C6H8NS. The molecule has 0 aliphatic heterocycles. The van der Waals surface area contributed by atoms with Crippen molar-refractivity contribution in [3.63, 3.8) is 0 Å². The van der Waals surface area contributed by atoms with Crippen LogP contribution in [0.5, 0.6) is 0 Å². The Labute approximate surface area is 53.4 Å². The predicted molar refractivity (Wildman–Crippen MR) is 34.9 cm³/mol. The molecule has 0 fully saturated rings. The highest BCUT2D eigenvalue weighted by Gasteiger charge is 1.89. The van der Waals surface area contributed by atoms with E-state index in [0.29, 0.717) is 0 Å². The zero-order valence-electron chi connectivity index (χ0n) is 4.85. The highest BCUT2D eigenvalue weighted by molar-refractivity contribution is 7.09. The van der Waals surface area contributed by atoms with Crippen LogP contribution in [-0.2, 0) is 6.42 Å². The molecule has 1 nitrogen and oxygen atoms in total. The van der Waals surface area contributed by atoms with E-state index in [2.05, 4.69) is 18.1 Å². The van der Waals surface area contributed by atoms with Gasteiger partial charge in [0.2, 0.25) is 0 Å². The number of aryl methyl sites for hydroxylation is 1. The average Bonchev–Trinajstić information content (AvgIpc) is 2.19. The van der Waals surface area contributed by atoms with Crippen LogP contribution in [0.2, 0.25) is 0 Å². The van der Waals surface area contributed by atoms with Gasteiger partial charge in [0.15, 0.2) is 0 Å². The average molecular weight is 126 g/mol. The molecule has 0 saturated carbocycles. The molecule has 0 saturated heterocycles. The van der Waals surface area contributed by atoms with E-state index < -0.39 is 0 Å². The van der Waals surface area contributed by atoms with Crippen LogP contribution in [-0.4, -0.2) is 4.98 Å². The molecule has 0 N–H and O–H groups in total. The minimum Gasteiger partial charge on any atom is -0.240 e. The van der Waals surface area contributed by atoms with Crippen molar-refractivity contribution in [2.75, 3.05) is 0 Å². The number of thiazole rings is 1. The Morgan fingerprint density at radius 1 is 1.88 bits per heavy atom. The monoisotopic (exact) mass is 126 g/mol. The normalized spacial score (nSPS) is 9.62. The summed E-state index contributed by atoms with van der Waals surface area (Å²) in [6, 6.07) is 0. The third kappa shape index (κ3) is 1.30. The minimum atomic E-state index is 1.11. The van der Waals surface area contributed by atoms with Crippen molar-refractivity contribution in [3.8, 4) is 0 Å².